The Morgan fingerprint density at radius 3 is 2.86 bits per heavy atom. The summed E-state index contributed by atoms with van der Waals surface area (Å²) >= 11 is 0. The van der Waals surface area contributed by atoms with Gasteiger partial charge in [-0.2, -0.15) is 0 Å². The molecule has 0 aromatic rings. The molecule has 3 rings (SSSR count). The van der Waals surface area contributed by atoms with Crippen LogP contribution in [0.1, 0.15) is 32.6 Å². The Morgan fingerprint density at radius 1 is 1.43 bits per heavy atom. The van der Waals surface area contributed by atoms with Crippen molar-refractivity contribution in [2.45, 2.75) is 38.4 Å². The number of hydrogen-bond donors (Lipinski definition) is 0. The minimum Gasteiger partial charge on any atom is -0.125 e. The maximum absolute atomic E-state index is 6.26. The molecule has 0 heterocycles. The molecule has 3 saturated carbocycles. The molecule has 6 unspecified atom stereocenters. The fourth-order valence-electron chi connectivity index (χ4n) is 5.24. The van der Waals surface area contributed by atoms with E-state index in [1.54, 1.807) is 0 Å². The zero-order chi connectivity index (χ0) is 9.97. The first kappa shape index (κ1) is 9.70. The summed E-state index contributed by atoms with van der Waals surface area (Å²) in [4.78, 5) is 0. The lowest BCUT2D eigenvalue weighted by Crippen LogP contribution is -2.62. The minimum atomic E-state index is 0.552. The molecule has 76 valence electrons. The molecule has 0 nitrogen and oxygen atoms in total. The van der Waals surface area contributed by atoms with E-state index in [1.807, 2.05) is 0 Å². The van der Waals surface area contributed by atoms with E-state index in [0.717, 1.165) is 31.2 Å². The van der Waals surface area contributed by atoms with Gasteiger partial charge in [-0.25, -0.2) is 0 Å². The second kappa shape index (κ2) is 2.79. The molecule has 3 aliphatic carbocycles. The van der Waals surface area contributed by atoms with Crippen LogP contribution in [-0.4, -0.2) is 20.7 Å². The Balaban J connectivity index is 1.77. The van der Waals surface area contributed by atoms with Crippen LogP contribution in [0.15, 0.2) is 0 Å². The first-order valence-electron chi connectivity index (χ1n) is 6.02. The standard InChI is InChI=1S/C12H20BP/c1-11-5-8-9(13)6-12(7-11,10(8)11)3-4-14-2/h8-10,14H,3-7H2,1-2H3. The normalized spacial score (nSPS) is 59.7. The predicted molar refractivity (Wildman–Crippen MR) is 64.6 cm³/mol. The SMILES string of the molecule is [B]C1CC2(CCPC)CC3(C)CC1C32. The third-order valence-corrected chi connectivity index (χ3v) is 6.11. The molecule has 14 heavy (non-hydrogen) atoms. The zero-order valence-electron chi connectivity index (χ0n) is 9.34. The van der Waals surface area contributed by atoms with E-state index in [9.17, 15) is 0 Å². The van der Waals surface area contributed by atoms with E-state index in [4.69, 9.17) is 7.85 Å². The lowest BCUT2D eigenvalue weighted by molar-refractivity contribution is -0.197. The molecular weight excluding hydrogens is 186 g/mol. The first-order chi connectivity index (χ1) is 6.61. The molecule has 0 aromatic heterocycles. The van der Waals surface area contributed by atoms with Crippen LogP contribution in [0.25, 0.3) is 0 Å². The minimum absolute atomic E-state index is 0.552. The van der Waals surface area contributed by atoms with Crippen molar-refractivity contribution in [3.05, 3.63) is 0 Å². The van der Waals surface area contributed by atoms with E-state index in [1.165, 1.54) is 31.8 Å². The van der Waals surface area contributed by atoms with Gasteiger partial charge >= 0.3 is 0 Å². The maximum Gasteiger partial charge on any atom is 0.0703 e. The summed E-state index contributed by atoms with van der Waals surface area (Å²) in [6, 6.07) is 0. The Bertz CT molecular complexity index is 263. The van der Waals surface area contributed by atoms with E-state index in [2.05, 4.69) is 13.6 Å². The average molecular weight is 206 g/mol. The highest BCUT2D eigenvalue weighted by Crippen LogP contribution is 2.82. The largest absolute Gasteiger partial charge is 0.125 e. The summed E-state index contributed by atoms with van der Waals surface area (Å²) < 4.78 is 0. The molecule has 0 aliphatic heterocycles. The molecule has 0 saturated heterocycles. The summed E-state index contributed by atoms with van der Waals surface area (Å²) in [6.45, 7) is 4.83. The first-order valence-corrected chi connectivity index (χ1v) is 7.72. The molecule has 3 aliphatic rings. The van der Waals surface area contributed by atoms with Crippen molar-refractivity contribution in [2.75, 3.05) is 12.8 Å². The van der Waals surface area contributed by atoms with Gasteiger partial charge in [-0.15, -0.1) is 8.58 Å². The van der Waals surface area contributed by atoms with Crippen molar-refractivity contribution < 1.29 is 0 Å². The van der Waals surface area contributed by atoms with Gasteiger partial charge in [0.25, 0.3) is 0 Å². The molecule has 0 N–H and O–H groups in total. The summed E-state index contributed by atoms with van der Waals surface area (Å²) in [7, 11) is 7.39. The molecule has 0 aromatic carbocycles. The number of hydrogen-bond acceptors (Lipinski definition) is 0. The van der Waals surface area contributed by atoms with E-state index in [0.29, 0.717) is 5.82 Å². The van der Waals surface area contributed by atoms with Crippen LogP contribution in [0.4, 0.5) is 0 Å². The van der Waals surface area contributed by atoms with Crippen LogP contribution in [-0.2, 0) is 0 Å². The van der Waals surface area contributed by atoms with Gasteiger partial charge in [0.1, 0.15) is 0 Å². The molecule has 0 spiro atoms. The van der Waals surface area contributed by atoms with Gasteiger partial charge in [0.15, 0.2) is 0 Å². The molecule has 3 fully saturated rings. The number of rotatable bonds is 3. The van der Waals surface area contributed by atoms with E-state index in [-0.39, 0.29) is 0 Å². The maximum atomic E-state index is 6.26. The van der Waals surface area contributed by atoms with Crippen molar-refractivity contribution in [2.24, 2.45) is 22.7 Å². The van der Waals surface area contributed by atoms with E-state index < -0.39 is 0 Å². The topological polar surface area (TPSA) is 0 Å². The van der Waals surface area contributed by atoms with E-state index >= 15 is 0 Å². The quantitative estimate of drug-likeness (QED) is 0.491. The van der Waals surface area contributed by atoms with Crippen LogP contribution in [0.5, 0.6) is 0 Å². The Hall–Kier alpha value is 0.495. The van der Waals surface area contributed by atoms with Crippen LogP contribution in [0.3, 0.4) is 0 Å². The fourth-order valence-corrected chi connectivity index (χ4v) is 5.98. The Labute approximate surface area is 90.8 Å². The molecule has 2 radical (unpaired) electrons. The zero-order valence-corrected chi connectivity index (χ0v) is 10.3. The lowest BCUT2D eigenvalue weighted by Gasteiger charge is -2.69. The third kappa shape index (κ3) is 0.959. The Kier molecular flexibility index (Phi) is 1.93. The lowest BCUT2D eigenvalue weighted by atomic mass is 9.36. The highest BCUT2D eigenvalue weighted by molar-refractivity contribution is 7.36. The monoisotopic (exact) mass is 206 g/mol. The van der Waals surface area contributed by atoms with Crippen molar-refractivity contribution in [1.82, 2.24) is 0 Å². The highest BCUT2D eigenvalue weighted by Gasteiger charge is 2.73. The van der Waals surface area contributed by atoms with Crippen LogP contribution < -0.4 is 0 Å². The van der Waals surface area contributed by atoms with Gasteiger partial charge in [0.2, 0.25) is 0 Å². The molecule has 6 atom stereocenters. The van der Waals surface area contributed by atoms with Gasteiger partial charge in [0, 0.05) is 0 Å². The Morgan fingerprint density at radius 2 is 2.21 bits per heavy atom. The second-order valence-electron chi connectivity index (χ2n) is 6.26. The summed E-state index contributed by atoms with van der Waals surface area (Å²) in [5.41, 5.74) is 1.45. The smallest absolute Gasteiger partial charge is 0.0703 e. The fraction of sp³-hybridized carbons (Fsp3) is 1.00. The van der Waals surface area contributed by atoms with Crippen LogP contribution >= 0.6 is 8.58 Å². The van der Waals surface area contributed by atoms with Crippen molar-refractivity contribution in [1.29, 1.82) is 0 Å². The second-order valence-corrected chi connectivity index (χ2v) is 7.47. The van der Waals surface area contributed by atoms with Gasteiger partial charge < -0.3 is 0 Å². The molecular formula is C12H20BP. The average Bonchev–Trinajstić information content (AvgIpc) is 2.20. The molecule has 2 heteroatoms. The van der Waals surface area contributed by atoms with Crippen LogP contribution in [0.2, 0.25) is 5.82 Å². The summed E-state index contributed by atoms with van der Waals surface area (Å²) in [5.74, 6) is 2.49. The summed E-state index contributed by atoms with van der Waals surface area (Å²) in [6.07, 6.45) is 7.22. The summed E-state index contributed by atoms with van der Waals surface area (Å²) in [5, 5.41) is 0. The molecule has 0 bridgehead atoms. The van der Waals surface area contributed by atoms with Crippen molar-refractivity contribution in [3.8, 4) is 0 Å². The van der Waals surface area contributed by atoms with Gasteiger partial charge in [-0.05, 0) is 54.8 Å². The van der Waals surface area contributed by atoms with Gasteiger partial charge in [-0.1, -0.05) is 19.2 Å². The van der Waals surface area contributed by atoms with Gasteiger partial charge in [-0.3, -0.25) is 0 Å². The highest BCUT2D eigenvalue weighted by atomic mass is 31.1. The van der Waals surface area contributed by atoms with Crippen LogP contribution in [0, 0.1) is 22.7 Å². The van der Waals surface area contributed by atoms with Crippen molar-refractivity contribution in [3.63, 3.8) is 0 Å². The molecule has 0 amide bonds. The third-order valence-electron chi connectivity index (χ3n) is 5.36. The van der Waals surface area contributed by atoms with Crippen molar-refractivity contribution >= 4 is 16.4 Å². The predicted octanol–water partition coefficient (Wildman–Crippen LogP) is 3.08. The van der Waals surface area contributed by atoms with Gasteiger partial charge in [0.05, 0.1) is 7.85 Å².